The first-order valence-corrected chi connectivity index (χ1v) is 8.23. The Labute approximate surface area is 122 Å². The van der Waals surface area contributed by atoms with E-state index in [0.29, 0.717) is 11.3 Å². The monoisotopic (exact) mass is 286 g/mol. The molecule has 4 heteroatoms. The van der Waals surface area contributed by atoms with Gasteiger partial charge >= 0.3 is 0 Å². The second-order valence-electron chi connectivity index (χ2n) is 6.37. The normalized spacial score (nSPS) is 20.6. The van der Waals surface area contributed by atoms with Gasteiger partial charge in [-0.25, -0.2) is 4.98 Å². The summed E-state index contributed by atoms with van der Waals surface area (Å²) >= 11 is 1.62. The summed E-state index contributed by atoms with van der Waals surface area (Å²) in [6, 6.07) is 5.66. The highest BCUT2D eigenvalue weighted by Gasteiger charge is 2.47. The molecule has 2 aliphatic rings. The van der Waals surface area contributed by atoms with Crippen LogP contribution in [-0.4, -0.2) is 9.55 Å². The highest BCUT2D eigenvalue weighted by Crippen LogP contribution is 2.58. The first-order valence-electron chi connectivity index (χ1n) is 7.35. The van der Waals surface area contributed by atoms with Crippen LogP contribution in [0.15, 0.2) is 34.7 Å². The number of thiophene rings is 1. The molecule has 3 nitrogen and oxygen atoms in total. The van der Waals surface area contributed by atoms with Crippen LogP contribution >= 0.6 is 11.3 Å². The van der Waals surface area contributed by atoms with Gasteiger partial charge in [0.15, 0.2) is 0 Å². The molecule has 0 atom stereocenters. The predicted octanol–water partition coefficient (Wildman–Crippen LogP) is 3.55. The molecular formula is C16H18N2OS. The number of rotatable bonds is 3. The zero-order valence-corrected chi connectivity index (χ0v) is 12.2. The third-order valence-corrected chi connectivity index (χ3v) is 5.86. The van der Waals surface area contributed by atoms with E-state index in [1.165, 1.54) is 32.1 Å². The number of nitrogens with zero attached hydrogens (tertiary/aromatic N) is 2. The molecule has 4 rings (SSSR count). The minimum atomic E-state index is 0.0814. The summed E-state index contributed by atoms with van der Waals surface area (Å²) < 4.78 is 1.79. The van der Waals surface area contributed by atoms with Gasteiger partial charge in [-0.1, -0.05) is 12.5 Å². The van der Waals surface area contributed by atoms with Crippen molar-refractivity contribution >= 4 is 11.3 Å². The molecule has 0 radical (unpaired) electrons. The molecule has 2 aromatic heterocycles. The fraction of sp³-hybridized carbons (Fsp3) is 0.500. The molecule has 2 aliphatic carbocycles. The Bertz CT molecular complexity index is 662. The van der Waals surface area contributed by atoms with E-state index in [4.69, 9.17) is 0 Å². The smallest absolute Gasteiger partial charge is 0.253 e. The van der Waals surface area contributed by atoms with E-state index in [9.17, 15) is 4.79 Å². The molecule has 1 spiro atoms. The summed E-state index contributed by atoms with van der Waals surface area (Å²) in [6.07, 6.45) is 8.58. The molecule has 0 N–H and O–H groups in total. The molecule has 0 saturated heterocycles. The summed E-state index contributed by atoms with van der Waals surface area (Å²) in [6.45, 7) is 0.846. The number of aromatic nitrogens is 2. The van der Waals surface area contributed by atoms with Crippen molar-refractivity contribution in [3.63, 3.8) is 0 Å². The maximum atomic E-state index is 12.2. The van der Waals surface area contributed by atoms with E-state index in [1.807, 2.05) is 17.5 Å². The summed E-state index contributed by atoms with van der Waals surface area (Å²) in [5.41, 5.74) is 1.56. The average Bonchev–Trinajstić information content (AvgIpc) is 2.86. The maximum Gasteiger partial charge on any atom is 0.253 e. The predicted molar refractivity (Wildman–Crippen MR) is 80.8 cm³/mol. The van der Waals surface area contributed by atoms with E-state index in [-0.39, 0.29) is 5.56 Å². The third kappa shape index (κ3) is 2.03. The van der Waals surface area contributed by atoms with E-state index >= 15 is 0 Å². The standard InChI is InChI=1S/C16H18N2OS/c19-15-7-13(14-3-1-6-20-14)17-11-18(15)10-12-8-16(9-12)4-2-5-16/h1,3,6-7,11-12H,2,4-5,8-10H2. The minimum Gasteiger partial charge on any atom is -0.299 e. The molecule has 0 aliphatic heterocycles. The van der Waals surface area contributed by atoms with Crippen LogP contribution in [0.5, 0.6) is 0 Å². The van der Waals surface area contributed by atoms with Crippen molar-refractivity contribution in [3.8, 4) is 10.6 Å². The molecule has 104 valence electrons. The Morgan fingerprint density at radius 2 is 2.25 bits per heavy atom. The molecule has 2 saturated carbocycles. The Balaban J connectivity index is 1.48. The largest absolute Gasteiger partial charge is 0.299 e. The highest BCUT2D eigenvalue weighted by atomic mass is 32.1. The van der Waals surface area contributed by atoms with E-state index in [2.05, 4.69) is 4.98 Å². The number of hydrogen-bond donors (Lipinski definition) is 0. The van der Waals surface area contributed by atoms with Gasteiger partial charge in [0, 0.05) is 12.6 Å². The zero-order valence-electron chi connectivity index (χ0n) is 11.4. The Kier molecular flexibility index (Phi) is 2.81. The van der Waals surface area contributed by atoms with Gasteiger partial charge in [-0.05, 0) is 48.5 Å². The van der Waals surface area contributed by atoms with Gasteiger partial charge < -0.3 is 0 Å². The Morgan fingerprint density at radius 3 is 2.85 bits per heavy atom. The van der Waals surface area contributed by atoms with Crippen LogP contribution in [0.2, 0.25) is 0 Å². The Hall–Kier alpha value is -1.42. The second-order valence-corrected chi connectivity index (χ2v) is 7.32. The van der Waals surface area contributed by atoms with Gasteiger partial charge in [-0.15, -0.1) is 11.3 Å². The molecule has 0 bridgehead atoms. The van der Waals surface area contributed by atoms with E-state index in [1.54, 1.807) is 28.3 Å². The zero-order chi connectivity index (χ0) is 13.6. The van der Waals surface area contributed by atoms with Gasteiger partial charge in [0.2, 0.25) is 0 Å². The van der Waals surface area contributed by atoms with Crippen LogP contribution in [-0.2, 0) is 6.54 Å². The van der Waals surface area contributed by atoms with Gasteiger partial charge in [-0.3, -0.25) is 9.36 Å². The minimum absolute atomic E-state index is 0.0814. The third-order valence-electron chi connectivity index (χ3n) is 4.97. The van der Waals surface area contributed by atoms with Crippen LogP contribution < -0.4 is 5.56 Å². The van der Waals surface area contributed by atoms with Crippen molar-refractivity contribution in [2.45, 2.75) is 38.6 Å². The molecule has 2 fully saturated rings. The highest BCUT2D eigenvalue weighted by molar-refractivity contribution is 7.13. The summed E-state index contributed by atoms with van der Waals surface area (Å²) in [5.74, 6) is 0.683. The molecule has 20 heavy (non-hydrogen) atoms. The van der Waals surface area contributed by atoms with E-state index < -0.39 is 0 Å². The molecule has 2 aromatic rings. The fourth-order valence-corrected chi connectivity index (χ4v) is 4.47. The molecule has 0 amide bonds. The lowest BCUT2D eigenvalue weighted by Crippen LogP contribution is -2.44. The van der Waals surface area contributed by atoms with Gasteiger partial charge in [-0.2, -0.15) is 0 Å². The van der Waals surface area contributed by atoms with Crippen LogP contribution in [0.3, 0.4) is 0 Å². The molecular weight excluding hydrogens is 268 g/mol. The van der Waals surface area contributed by atoms with Gasteiger partial charge in [0.25, 0.3) is 5.56 Å². The first-order chi connectivity index (χ1) is 9.74. The van der Waals surface area contributed by atoms with Crippen molar-refractivity contribution < 1.29 is 0 Å². The second kappa shape index (κ2) is 4.55. The van der Waals surface area contributed by atoms with Crippen LogP contribution in [0.25, 0.3) is 10.6 Å². The van der Waals surface area contributed by atoms with Crippen molar-refractivity contribution in [3.05, 3.63) is 40.3 Å². The van der Waals surface area contributed by atoms with Crippen LogP contribution in [0.4, 0.5) is 0 Å². The maximum absolute atomic E-state index is 12.2. The summed E-state index contributed by atoms with van der Waals surface area (Å²) in [4.78, 5) is 17.7. The molecule has 0 unspecified atom stereocenters. The lowest BCUT2D eigenvalue weighted by atomic mass is 9.52. The van der Waals surface area contributed by atoms with E-state index in [0.717, 1.165) is 17.1 Å². The van der Waals surface area contributed by atoms with Crippen LogP contribution in [0, 0.1) is 11.3 Å². The quantitative estimate of drug-likeness (QED) is 0.865. The van der Waals surface area contributed by atoms with Gasteiger partial charge in [0.1, 0.15) is 0 Å². The van der Waals surface area contributed by atoms with Crippen molar-refractivity contribution in [2.75, 3.05) is 0 Å². The Morgan fingerprint density at radius 1 is 1.40 bits per heavy atom. The van der Waals surface area contributed by atoms with Crippen molar-refractivity contribution in [1.29, 1.82) is 0 Å². The molecule has 0 aromatic carbocycles. The average molecular weight is 286 g/mol. The lowest BCUT2D eigenvalue weighted by molar-refractivity contribution is -0.0315. The SMILES string of the molecule is O=c1cc(-c2cccs2)ncn1CC1CC2(CCC2)C1. The van der Waals surface area contributed by atoms with Crippen molar-refractivity contribution in [1.82, 2.24) is 9.55 Å². The lowest BCUT2D eigenvalue weighted by Gasteiger charge is -2.54. The fourth-order valence-electron chi connectivity index (χ4n) is 3.78. The first kappa shape index (κ1) is 12.3. The van der Waals surface area contributed by atoms with Crippen LogP contribution in [0.1, 0.15) is 32.1 Å². The van der Waals surface area contributed by atoms with Gasteiger partial charge in [0.05, 0.1) is 16.9 Å². The molecule has 2 heterocycles. The summed E-state index contributed by atoms with van der Waals surface area (Å²) in [5, 5.41) is 2.01. The number of hydrogen-bond acceptors (Lipinski definition) is 3. The summed E-state index contributed by atoms with van der Waals surface area (Å²) in [7, 11) is 0. The van der Waals surface area contributed by atoms with Crippen molar-refractivity contribution in [2.24, 2.45) is 11.3 Å². The topological polar surface area (TPSA) is 34.9 Å².